The Hall–Kier alpha value is -1.99. The Bertz CT molecular complexity index is 744. The molecule has 1 heterocycles. The summed E-state index contributed by atoms with van der Waals surface area (Å²) in [5.41, 5.74) is 0.969. The van der Waals surface area contributed by atoms with Gasteiger partial charge in [-0.25, -0.2) is 8.78 Å². The van der Waals surface area contributed by atoms with Crippen molar-refractivity contribution < 1.29 is 22.0 Å². The van der Waals surface area contributed by atoms with Gasteiger partial charge in [0.1, 0.15) is 0 Å². The lowest BCUT2D eigenvalue weighted by Gasteiger charge is -2.38. The summed E-state index contributed by atoms with van der Waals surface area (Å²) in [5, 5.41) is 2.96. The van der Waals surface area contributed by atoms with Gasteiger partial charge in [0.05, 0.1) is 18.2 Å². The number of nitrogens with zero attached hydrogens (tertiary/aromatic N) is 1. The first kappa shape index (κ1) is 20.7. The van der Waals surface area contributed by atoms with Crippen molar-refractivity contribution in [1.82, 2.24) is 10.2 Å². The highest BCUT2D eigenvalue weighted by molar-refractivity contribution is 5.24. The number of piperidine rings is 1. The predicted octanol–water partition coefficient (Wildman–Crippen LogP) is 4.75. The van der Waals surface area contributed by atoms with Gasteiger partial charge in [0.2, 0.25) is 0 Å². The summed E-state index contributed by atoms with van der Waals surface area (Å²) >= 11 is 0. The van der Waals surface area contributed by atoms with Crippen LogP contribution in [0.1, 0.15) is 23.1 Å². The van der Waals surface area contributed by atoms with E-state index in [0.717, 1.165) is 17.7 Å². The molecule has 1 fully saturated rings. The van der Waals surface area contributed by atoms with E-state index in [1.807, 2.05) is 30.3 Å². The third kappa shape index (κ3) is 5.52. The lowest BCUT2D eigenvalue weighted by atomic mass is 9.99. The van der Waals surface area contributed by atoms with Crippen molar-refractivity contribution in [1.29, 1.82) is 0 Å². The molecule has 2 nitrogen and oxygen atoms in total. The first-order valence-corrected chi connectivity index (χ1v) is 9.28. The Balaban J connectivity index is 1.48. The first-order valence-electron chi connectivity index (χ1n) is 9.28. The molecule has 3 rings (SSSR count). The summed E-state index contributed by atoms with van der Waals surface area (Å²) in [7, 11) is 0. The lowest BCUT2D eigenvalue weighted by Crippen LogP contribution is -2.57. The number of hydrogen-bond donors (Lipinski definition) is 1. The molecule has 0 amide bonds. The maximum atomic E-state index is 14.5. The van der Waals surface area contributed by atoms with Gasteiger partial charge in [-0.2, -0.15) is 13.2 Å². The predicted molar refractivity (Wildman–Crippen MR) is 98.2 cm³/mol. The summed E-state index contributed by atoms with van der Waals surface area (Å²) in [5.74, 6) is -2.85. The van der Waals surface area contributed by atoms with Crippen LogP contribution in [0.3, 0.4) is 0 Å². The van der Waals surface area contributed by atoms with Crippen LogP contribution >= 0.6 is 0 Å². The molecule has 0 aromatic heterocycles. The molecule has 0 saturated carbocycles. The van der Waals surface area contributed by atoms with Crippen LogP contribution in [-0.4, -0.2) is 36.5 Å². The zero-order chi connectivity index (χ0) is 20.2. The number of benzene rings is 2. The molecule has 0 aliphatic carbocycles. The normalized spacial score (nSPS) is 20.2. The van der Waals surface area contributed by atoms with Gasteiger partial charge in [-0.3, -0.25) is 4.90 Å². The fraction of sp³-hybridized carbons (Fsp3) is 0.429. The van der Waals surface area contributed by atoms with Gasteiger partial charge in [-0.05, 0) is 36.1 Å². The van der Waals surface area contributed by atoms with Gasteiger partial charge in [0.15, 0.2) is 0 Å². The minimum atomic E-state index is -4.37. The van der Waals surface area contributed by atoms with Crippen LogP contribution < -0.4 is 5.32 Å². The smallest absolute Gasteiger partial charge is 0.304 e. The van der Waals surface area contributed by atoms with Crippen LogP contribution in [-0.2, 0) is 19.1 Å². The van der Waals surface area contributed by atoms with E-state index in [-0.39, 0.29) is 6.54 Å². The zero-order valence-corrected chi connectivity index (χ0v) is 15.4. The molecule has 28 heavy (non-hydrogen) atoms. The summed E-state index contributed by atoms with van der Waals surface area (Å²) in [4.78, 5) is 1.68. The Morgan fingerprint density at radius 3 is 2.25 bits per heavy atom. The van der Waals surface area contributed by atoms with Crippen molar-refractivity contribution in [2.75, 3.05) is 19.6 Å². The van der Waals surface area contributed by atoms with E-state index in [1.54, 1.807) is 4.90 Å². The number of alkyl halides is 5. The molecule has 0 bridgehead atoms. The summed E-state index contributed by atoms with van der Waals surface area (Å²) in [6.45, 7) is 0.974. The van der Waals surface area contributed by atoms with Gasteiger partial charge in [0.25, 0.3) is 5.92 Å². The quantitative estimate of drug-likeness (QED) is 0.707. The summed E-state index contributed by atoms with van der Waals surface area (Å²) in [6.07, 6.45) is -3.60. The standard InChI is InChI=1S/C21H23F5N2/c22-20(23)15-28(12-10-16-6-8-18(9-7-16)21(24,25)26)13-11-19(20)27-14-17-4-2-1-3-5-17/h1-9,19,27H,10-15H2. The van der Waals surface area contributed by atoms with Crippen LogP contribution in [0.4, 0.5) is 22.0 Å². The Labute approximate surface area is 161 Å². The second-order valence-corrected chi connectivity index (χ2v) is 7.19. The maximum Gasteiger partial charge on any atom is 0.416 e. The van der Waals surface area contributed by atoms with Crippen molar-refractivity contribution in [3.05, 3.63) is 71.3 Å². The van der Waals surface area contributed by atoms with E-state index >= 15 is 0 Å². The number of nitrogens with one attached hydrogen (secondary N) is 1. The molecule has 7 heteroatoms. The molecule has 0 radical (unpaired) electrons. The second kappa shape index (κ2) is 8.57. The first-order chi connectivity index (χ1) is 13.2. The third-order valence-electron chi connectivity index (χ3n) is 5.07. The van der Waals surface area contributed by atoms with Gasteiger partial charge in [0, 0.05) is 19.6 Å². The maximum absolute atomic E-state index is 14.5. The molecule has 1 aliphatic rings. The second-order valence-electron chi connectivity index (χ2n) is 7.19. The van der Waals surface area contributed by atoms with Crippen molar-refractivity contribution in [3.8, 4) is 0 Å². The van der Waals surface area contributed by atoms with E-state index in [2.05, 4.69) is 5.32 Å². The molecule has 1 saturated heterocycles. The number of likely N-dealkylation sites (tertiary alicyclic amines) is 1. The average molecular weight is 398 g/mol. The monoisotopic (exact) mass is 398 g/mol. The molecule has 152 valence electrons. The molecule has 1 atom stereocenters. The highest BCUT2D eigenvalue weighted by Gasteiger charge is 2.44. The van der Waals surface area contributed by atoms with Crippen LogP contribution in [0.5, 0.6) is 0 Å². The lowest BCUT2D eigenvalue weighted by molar-refractivity contribution is -0.137. The highest BCUT2D eigenvalue weighted by atomic mass is 19.4. The Kier molecular flexibility index (Phi) is 6.35. The van der Waals surface area contributed by atoms with Gasteiger partial charge < -0.3 is 5.32 Å². The van der Waals surface area contributed by atoms with Crippen LogP contribution in [0.15, 0.2) is 54.6 Å². The molecular weight excluding hydrogens is 375 g/mol. The average Bonchev–Trinajstić information content (AvgIpc) is 2.65. The molecule has 2 aromatic carbocycles. The molecule has 1 N–H and O–H groups in total. The van der Waals surface area contributed by atoms with E-state index < -0.39 is 23.7 Å². The Morgan fingerprint density at radius 1 is 0.964 bits per heavy atom. The van der Waals surface area contributed by atoms with Crippen LogP contribution in [0.25, 0.3) is 0 Å². The molecular formula is C21H23F5N2. The van der Waals surface area contributed by atoms with E-state index in [1.165, 1.54) is 12.1 Å². The SMILES string of the molecule is FC(F)(F)c1ccc(CCN2CCC(NCc3ccccc3)C(F)(F)C2)cc1. The molecule has 2 aromatic rings. The largest absolute Gasteiger partial charge is 0.416 e. The molecule has 1 aliphatic heterocycles. The fourth-order valence-electron chi connectivity index (χ4n) is 3.44. The minimum Gasteiger partial charge on any atom is -0.304 e. The third-order valence-corrected chi connectivity index (χ3v) is 5.07. The van der Waals surface area contributed by atoms with Gasteiger partial charge in [-0.15, -0.1) is 0 Å². The zero-order valence-electron chi connectivity index (χ0n) is 15.4. The minimum absolute atomic E-state index is 0.326. The highest BCUT2D eigenvalue weighted by Crippen LogP contribution is 2.30. The number of rotatable bonds is 6. The topological polar surface area (TPSA) is 15.3 Å². The van der Waals surface area contributed by atoms with E-state index in [4.69, 9.17) is 0 Å². The molecule has 1 unspecified atom stereocenters. The fourth-order valence-corrected chi connectivity index (χ4v) is 3.44. The van der Waals surface area contributed by atoms with Gasteiger partial charge in [-0.1, -0.05) is 42.5 Å². The van der Waals surface area contributed by atoms with E-state index in [9.17, 15) is 22.0 Å². The van der Waals surface area contributed by atoms with Crippen molar-refractivity contribution >= 4 is 0 Å². The Morgan fingerprint density at radius 2 is 1.64 bits per heavy atom. The number of halogens is 5. The van der Waals surface area contributed by atoms with Crippen molar-refractivity contribution in [2.24, 2.45) is 0 Å². The van der Waals surface area contributed by atoms with Crippen LogP contribution in [0, 0.1) is 0 Å². The van der Waals surface area contributed by atoms with Crippen molar-refractivity contribution in [2.45, 2.75) is 37.5 Å². The van der Waals surface area contributed by atoms with Crippen molar-refractivity contribution in [3.63, 3.8) is 0 Å². The van der Waals surface area contributed by atoms with Gasteiger partial charge >= 0.3 is 6.18 Å². The molecule has 0 spiro atoms. The van der Waals surface area contributed by atoms with Crippen LogP contribution in [0.2, 0.25) is 0 Å². The summed E-state index contributed by atoms with van der Waals surface area (Å²) in [6, 6.07) is 13.4. The number of hydrogen-bond acceptors (Lipinski definition) is 2. The summed E-state index contributed by atoms with van der Waals surface area (Å²) < 4.78 is 66.8. The van der Waals surface area contributed by atoms with E-state index in [0.29, 0.717) is 38.0 Å².